The maximum Gasteiger partial charge on any atom is 0.0611 e. The summed E-state index contributed by atoms with van der Waals surface area (Å²) in [6, 6.07) is 0. The van der Waals surface area contributed by atoms with Gasteiger partial charge in [0.15, 0.2) is 0 Å². The molecule has 2 unspecified atom stereocenters. The second-order valence-electron chi connectivity index (χ2n) is 5.55. The number of unbranched alkanes of at least 4 members (excludes halogenated alkanes) is 4. The van der Waals surface area contributed by atoms with Gasteiger partial charge >= 0.3 is 0 Å². The van der Waals surface area contributed by atoms with Crippen molar-refractivity contribution in [3.8, 4) is 0 Å². The minimum absolute atomic E-state index is 0.158. The molecule has 0 aliphatic heterocycles. The molecule has 0 aromatic heterocycles. The van der Waals surface area contributed by atoms with Crippen molar-refractivity contribution < 1.29 is 9.84 Å². The molecule has 0 bridgehead atoms. The average Bonchev–Trinajstić information content (AvgIpc) is 2.34. The molecule has 0 aliphatic rings. The summed E-state index contributed by atoms with van der Waals surface area (Å²) in [6.07, 6.45) is 7.42. The molecule has 0 heterocycles. The Labute approximate surface area is 113 Å². The van der Waals surface area contributed by atoms with E-state index in [0.717, 1.165) is 26.0 Å². The molecule has 0 amide bonds. The molecular weight excluding hydrogens is 226 g/mol. The first-order valence-corrected chi connectivity index (χ1v) is 7.55. The molecular formula is C15H33NO2. The van der Waals surface area contributed by atoms with Crippen molar-refractivity contribution in [2.75, 3.05) is 19.8 Å². The van der Waals surface area contributed by atoms with Crippen LogP contribution in [0.15, 0.2) is 0 Å². The average molecular weight is 259 g/mol. The zero-order valence-corrected chi connectivity index (χ0v) is 12.8. The molecule has 110 valence electrons. The van der Waals surface area contributed by atoms with Gasteiger partial charge in [0.2, 0.25) is 0 Å². The van der Waals surface area contributed by atoms with Gasteiger partial charge in [-0.1, -0.05) is 39.5 Å². The van der Waals surface area contributed by atoms with Crippen LogP contribution in [0.25, 0.3) is 0 Å². The van der Waals surface area contributed by atoms with Crippen LogP contribution in [0, 0.1) is 0 Å². The molecule has 2 atom stereocenters. The van der Waals surface area contributed by atoms with Crippen LogP contribution < -0.4 is 5.32 Å². The van der Waals surface area contributed by atoms with Gasteiger partial charge in [-0.3, -0.25) is 0 Å². The van der Waals surface area contributed by atoms with Crippen molar-refractivity contribution in [2.45, 2.75) is 77.9 Å². The smallest absolute Gasteiger partial charge is 0.0611 e. The number of aliphatic hydroxyl groups is 1. The first-order valence-electron chi connectivity index (χ1n) is 7.55. The fourth-order valence-electron chi connectivity index (χ4n) is 2.30. The van der Waals surface area contributed by atoms with Crippen molar-refractivity contribution in [1.82, 2.24) is 5.32 Å². The lowest BCUT2D eigenvalue weighted by Gasteiger charge is -2.31. The standard InChI is InChI=1S/C15H33NO2/c1-5-7-8-9-10-11-18-14(3)12-15(4,13-17)16-6-2/h14,16-17H,5-13H2,1-4H3. The predicted molar refractivity (Wildman–Crippen MR) is 78.0 cm³/mol. The highest BCUT2D eigenvalue weighted by Crippen LogP contribution is 2.14. The zero-order valence-electron chi connectivity index (χ0n) is 12.8. The van der Waals surface area contributed by atoms with E-state index in [2.05, 4.69) is 33.0 Å². The van der Waals surface area contributed by atoms with Gasteiger partial charge in [-0.2, -0.15) is 0 Å². The summed E-state index contributed by atoms with van der Waals surface area (Å²) in [6.45, 7) is 10.3. The van der Waals surface area contributed by atoms with Crippen LogP contribution in [0.3, 0.4) is 0 Å². The van der Waals surface area contributed by atoms with Gasteiger partial charge in [0.1, 0.15) is 0 Å². The lowest BCUT2D eigenvalue weighted by Crippen LogP contribution is -2.48. The number of likely N-dealkylation sites (N-methyl/N-ethyl adjacent to an activating group) is 1. The number of rotatable bonds is 12. The molecule has 0 rings (SSSR count). The number of ether oxygens (including phenoxy) is 1. The first kappa shape index (κ1) is 17.9. The van der Waals surface area contributed by atoms with Crippen molar-refractivity contribution in [3.05, 3.63) is 0 Å². The molecule has 3 nitrogen and oxygen atoms in total. The minimum atomic E-state index is -0.212. The molecule has 0 aromatic rings. The number of hydrogen-bond acceptors (Lipinski definition) is 3. The Morgan fingerprint density at radius 2 is 1.83 bits per heavy atom. The van der Waals surface area contributed by atoms with Gasteiger partial charge in [-0.15, -0.1) is 0 Å². The largest absolute Gasteiger partial charge is 0.394 e. The molecule has 0 spiro atoms. The van der Waals surface area contributed by atoms with Crippen LogP contribution >= 0.6 is 0 Å². The highest BCUT2D eigenvalue weighted by molar-refractivity contribution is 4.83. The Kier molecular flexibility index (Phi) is 10.7. The molecule has 2 N–H and O–H groups in total. The number of aliphatic hydroxyl groups excluding tert-OH is 1. The van der Waals surface area contributed by atoms with E-state index in [9.17, 15) is 5.11 Å². The Bertz CT molecular complexity index is 187. The van der Waals surface area contributed by atoms with Gasteiger partial charge in [-0.05, 0) is 33.2 Å². The Balaban J connectivity index is 3.65. The highest BCUT2D eigenvalue weighted by Gasteiger charge is 2.24. The molecule has 3 heteroatoms. The third-order valence-electron chi connectivity index (χ3n) is 3.34. The summed E-state index contributed by atoms with van der Waals surface area (Å²) in [5, 5.41) is 12.7. The molecule has 0 saturated carbocycles. The normalized spacial score (nSPS) is 16.5. The van der Waals surface area contributed by atoms with Crippen molar-refractivity contribution >= 4 is 0 Å². The SMILES string of the molecule is CCCCCCCOC(C)CC(C)(CO)NCC. The van der Waals surface area contributed by atoms with Gasteiger partial charge in [0.25, 0.3) is 0 Å². The van der Waals surface area contributed by atoms with E-state index in [1.54, 1.807) is 0 Å². The molecule has 0 fully saturated rings. The van der Waals surface area contributed by atoms with E-state index in [-0.39, 0.29) is 18.2 Å². The summed E-state index contributed by atoms with van der Waals surface area (Å²) >= 11 is 0. The summed E-state index contributed by atoms with van der Waals surface area (Å²) in [5.41, 5.74) is -0.212. The second-order valence-corrected chi connectivity index (χ2v) is 5.55. The molecule has 18 heavy (non-hydrogen) atoms. The molecule has 0 saturated heterocycles. The van der Waals surface area contributed by atoms with Crippen molar-refractivity contribution in [2.24, 2.45) is 0 Å². The third kappa shape index (κ3) is 8.90. The van der Waals surface area contributed by atoms with Crippen LogP contribution in [0.2, 0.25) is 0 Å². The second kappa shape index (κ2) is 10.8. The van der Waals surface area contributed by atoms with E-state index >= 15 is 0 Å². The monoisotopic (exact) mass is 259 g/mol. The summed E-state index contributed by atoms with van der Waals surface area (Å²) in [5.74, 6) is 0. The lowest BCUT2D eigenvalue weighted by molar-refractivity contribution is 0.0267. The quantitative estimate of drug-likeness (QED) is 0.529. The fraction of sp³-hybridized carbons (Fsp3) is 1.00. The van der Waals surface area contributed by atoms with Crippen LogP contribution in [0.5, 0.6) is 0 Å². The highest BCUT2D eigenvalue weighted by atomic mass is 16.5. The van der Waals surface area contributed by atoms with Gasteiger partial charge in [0, 0.05) is 12.1 Å². The van der Waals surface area contributed by atoms with Crippen molar-refractivity contribution in [1.29, 1.82) is 0 Å². The maximum atomic E-state index is 9.42. The topological polar surface area (TPSA) is 41.5 Å². The van der Waals surface area contributed by atoms with Gasteiger partial charge in [-0.25, -0.2) is 0 Å². The Morgan fingerprint density at radius 1 is 1.17 bits per heavy atom. The Morgan fingerprint density at radius 3 is 2.39 bits per heavy atom. The first-order chi connectivity index (χ1) is 8.58. The Hall–Kier alpha value is -0.120. The predicted octanol–water partition coefficient (Wildman–Crippen LogP) is 3.11. The van der Waals surface area contributed by atoms with E-state index in [1.165, 1.54) is 25.7 Å². The summed E-state index contributed by atoms with van der Waals surface area (Å²) in [4.78, 5) is 0. The fourth-order valence-corrected chi connectivity index (χ4v) is 2.30. The van der Waals surface area contributed by atoms with E-state index in [1.807, 2.05) is 0 Å². The van der Waals surface area contributed by atoms with E-state index in [0.29, 0.717) is 0 Å². The third-order valence-corrected chi connectivity index (χ3v) is 3.34. The van der Waals surface area contributed by atoms with E-state index < -0.39 is 0 Å². The lowest BCUT2D eigenvalue weighted by atomic mass is 9.96. The number of nitrogens with one attached hydrogen (secondary N) is 1. The van der Waals surface area contributed by atoms with Crippen LogP contribution in [-0.4, -0.2) is 36.5 Å². The summed E-state index contributed by atoms with van der Waals surface area (Å²) in [7, 11) is 0. The minimum Gasteiger partial charge on any atom is -0.394 e. The van der Waals surface area contributed by atoms with Crippen LogP contribution in [-0.2, 0) is 4.74 Å². The maximum absolute atomic E-state index is 9.42. The molecule has 0 aromatic carbocycles. The summed E-state index contributed by atoms with van der Waals surface area (Å²) < 4.78 is 5.81. The van der Waals surface area contributed by atoms with Gasteiger partial charge < -0.3 is 15.2 Å². The van der Waals surface area contributed by atoms with Crippen LogP contribution in [0.4, 0.5) is 0 Å². The van der Waals surface area contributed by atoms with E-state index in [4.69, 9.17) is 4.74 Å². The number of hydrogen-bond donors (Lipinski definition) is 2. The van der Waals surface area contributed by atoms with Gasteiger partial charge in [0.05, 0.1) is 12.7 Å². The molecule has 0 radical (unpaired) electrons. The van der Waals surface area contributed by atoms with Crippen molar-refractivity contribution in [3.63, 3.8) is 0 Å². The van der Waals surface area contributed by atoms with Crippen LogP contribution in [0.1, 0.15) is 66.2 Å². The molecule has 0 aliphatic carbocycles. The zero-order chi connectivity index (χ0) is 13.9.